The van der Waals surface area contributed by atoms with Gasteiger partial charge in [0.15, 0.2) is 6.17 Å². The Bertz CT molecular complexity index is 1290. The van der Waals surface area contributed by atoms with Crippen molar-refractivity contribution in [3.8, 4) is 5.75 Å². The maximum Gasteiger partial charge on any atom is 0.323 e. The molecule has 3 aromatic rings. The van der Waals surface area contributed by atoms with E-state index in [4.69, 9.17) is 22.1 Å². The van der Waals surface area contributed by atoms with Crippen molar-refractivity contribution in [2.24, 2.45) is 5.73 Å². The third-order valence-corrected chi connectivity index (χ3v) is 6.31. The van der Waals surface area contributed by atoms with Crippen LogP contribution in [0.5, 0.6) is 5.75 Å². The minimum atomic E-state index is -1.17. The minimum absolute atomic E-state index is 0.163. The summed E-state index contributed by atoms with van der Waals surface area (Å²) >= 11 is 5.94. The van der Waals surface area contributed by atoms with Gasteiger partial charge < -0.3 is 26.4 Å². The summed E-state index contributed by atoms with van der Waals surface area (Å²) in [5.74, 6) is 0.155. The number of nitrogens with two attached hydrogens (primary N) is 1. The van der Waals surface area contributed by atoms with E-state index >= 15 is 0 Å². The second-order valence-corrected chi connectivity index (χ2v) is 9.03. The average Bonchev–Trinajstić information content (AvgIpc) is 3.39. The van der Waals surface area contributed by atoms with Gasteiger partial charge in [-0.15, -0.1) is 0 Å². The average molecular weight is 537 g/mol. The molecule has 4 rings (SSSR count). The molecule has 11 heteroatoms. The largest absolute Gasteiger partial charge is 0.497 e. The van der Waals surface area contributed by atoms with Gasteiger partial charge >= 0.3 is 12.1 Å². The van der Waals surface area contributed by atoms with E-state index in [9.17, 15) is 14.4 Å². The Morgan fingerprint density at radius 3 is 2.00 bits per heavy atom. The molecular formula is C27H29ClN6O4. The highest BCUT2D eigenvalue weighted by Crippen LogP contribution is 2.21. The molecule has 0 aromatic heterocycles. The Morgan fingerprint density at radius 2 is 1.45 bits per heavy atom. The lowest BCUT2D eigenvalue weighted by atomic mass is 10.1. The van der Waals surface area contributed by atoms with Gasteiger partial charge in [-0.25, -0.2) is 9.59 Å². The van der Waals surface area contributed by atoms with Crippen LogP contribution in [0.15, 0.2) is 72.8 Å². The Balaban J connectivity index is 1.51. The van der Waals surface area contributed by atoms with E-state index in [0.717, 1.165) is 11.1 Å². The van der Waals surface area contributed by atoms with Gasteiger partial charge in [-0.3, -0.25) is 14.6 Å². The Labute approximate surface area is 225 Å². The SMILES string of the molecule is COc1ccc(NC(=O)N2CCN(C(=O)Nc3ccc(Cl)cc3)C2C(=O)NCc2cccc(CN)c2)cc1. The van der Waals surface area contributed by atoms with Crippen LogP contribution in [-0.4, -0.2) is 54.1 Å². The van der Waals surface area contributed by atoms with Crippen molar-refractivity contribution in [2.45, 2.75) is 19.3 Å². The first-order chi connectivity index (χ1) is 18.4. The Kier molecular flexibility index (Phi) is 8.67. The van der Waals surface area contributed by atoms with Crippen molar-refractivity contribution in [2.75, 3.05) is 30.8 Å². The van der Waals surface area contributed by atoms with Crippen LogP contribution in [0, 0.1) is 0 Å². The smallest absolute Gasteiger partial charge is 0.323 e. The summed E-state index contributed by atoms with van der Waals surface area (Å²) < 4.78 is 5.15. The molecule has 1 aliphatic rings. The summed E-state index contributed by atoms with van der Waals surface area (Å²) in [4.78, 5) is 42.5. The first kappa shape index (κ1) is 26.8. The van der Waals surface area contributed by atoms with Crippen LogP contribution >= 0.6 is 11.6 Å². The van der Waals surface area contributed by atoms with Crippen molar-refractivity contribution in [1.82, 2.24) is 15.1 Å². The first-order valence-electron chi connectivity index (χ1n) is 12.0. The molecule has 1 atom stereocenters. The third kappa shape index (κ3) is 6.53. The number of carbonyl (C=O) groups excluding carboxylic acids is 3. The zero-order valence-electron chi connectivity index (χ0n) is 20.8. The number of anilines is 2. The quantitative estimate of drug-likeness (QED) is 0.365. The summed E-state index contributed by atoms with van der Waals surface area (Å²) in [6.07, 6.45) is -1.17. The molecule has 1 saturated heterocycles. The number of hydrogen-bond acceptors (Lipinski definition) is 5. The van der Waals surface area contributed by atoms with E-state index < -0.39 is 24.1 Å². The molecule has 0 bridgehead atoms. The Morgan fingerprint density at radius 1 is 0.895 bits per heavy atom. The lowest BCUT2D eigenvalue weighted by molar-refractivity contribution is -0.127. The van der Waals surface area contributed by atoms with E-state index in [-0.39, 0.29) is 19.6 Å². The molecule has 3 aromatic carbocycles. The van der Waals surface area contributed by atoms with Gasteiger partial charge in [0, 0.05) is 42.6 Å². The highest BCUT2D eigenvalue weighted by molar-refractivity contribution is 6.30. The number of ether oxygens (including phenoxy) is 1. The number of hydrogen-bond donors (Lipinski definition) is 4. The minimum Gasteiger partial charge on any atom is -0.497 e. The molecule has 0 aliphatic carbocycles. The molecule has 1 fully saturated rings. The fourth-order valence-electron chi connectivity index (χ4n) is 4.08. The molecule has 5 N–H and O–H groups in total. The monoisotopic (exact) mass is 536 g/mol. The third-order valence-electron chi connectivity index (χ3n) is 6.06. The van der Waals surface area contributed by atoms with Gasteiger partial charge in [0.1, 0.15) is 5.75 Å². The zero-order chi connectivity index (χ0) is 27.1. The highest BCUT2D eigenvalue weighted by Gasteiger charge is 2.42. The summed E-state index contributed by atoms with van der Waals surface area (Å²) in [6.45, 7) is 0.916. The van der Waals surface area contributed by atoms with Gasteiger partial charge in [0.25, 0.3) is 5.91 Å². The van der Waals surface area contributed by atoms with Crippen molar-refractivity contribution in [1.29, 1.82) is 0 Å². The molecule has 1 unspecified atom stereocenters. The van der Waals surface area contributed by atoms with Gasteiger partial charge in [-0.2, -0.15) is 0 Å². The lowest BCUT2D eigenvalue weighted by Gasteiger charge is -2.29. The Hall–Kier alpha value is -4.28. The van der Waals surface area contributed by atoms with Crippen molar-refractivity contribution in [3.63, 3.8) is 0 Å². The zero-order valence-corrected chi connectivity index (χ0v) is 21.6. The maximum absolute atomic E-state index is 13.4. The van der Waals surface area contributed by atoms with Gasteiger partial charge in [0.2, 0.25) is 0 Å². The molecule has 1 aliphatic heterocycles. The van der Waals surface area contributed by atoms with E-state index in [1.54, 1.807) is 55.6 Å². The van der Waals surface area contributed by atoms with E-state index in [0.29, 0.717) is 28.7 Å². The van der Waals surface area contributed by atoms with Crippen LogP contribution in [0.25, 0.3) is 0 Å². The number of halogens is 1. The van der Waals surface area contributed by atoms with E-state index in [2.05, 4.69) is 16.0 Å². The molecule has 5 amide bonds. The van der Waals surface area contributed by atoms with Gasteiger partial charge in [0.05, 0.1) is 7.11 Å². The van der Waals surface area contributed by atoms with Gasteiger partial charge in [-0.05, 0) is 59.7 Å². The number of carbonyl (C=O) groups is 3. The number of urea groups is 2. The molecular weight excluding hydrogens is 508 g/mol. The normalized spacial score (nSPS) is 14.7. The predicted molar refractivity (Wildman–Crippen MR) is 146 cm³/mol. The number of amides is 5. The summed E-state index contributed by atoms with van der Waals surface area (Å²) in [5.41, 5.74) is 8.55. The fraction of sp³-hybridized carbons (Fsp3) is 0.222. The number of methoxy groups -OCH3 is 1. The van der Waals surface area contributed by atoms with Crippen LogP contribution < -0.4 is 26.4 Å². The molecule has 10 nitrogen and oxygen atoms in total. The van der Waals surface area contributed by atoms with Crippen molar-refractivity contribution < 1.29 is 19.1 Å². The highest BCUT2D eigenvalue weighted by atomic mass is 35.5. The van der Waals surface area contributed by atoms with Crippen molar-refractivity contribution in [3.05, 3.63) is 88.9 Å². The lowest BCUT2D eigenvalue weighted by Crippen LogP contribution is -2.55. The predicted octanol–water partition coefficient (Wildman–Crippen LogP) is 3.83. The van der Waals surface area contributed by atoms with Crippen molar-refractivity contribution >= 4 is 40.9 Å². The van der Waals surface area contributed by atoms with Gasteiger partial charge in [-0.1, -0.05) is 35.9 Å². The molecule has 38 heavy (non-hydrogen) atoms. The molecule has 0 saturated carbocycles. The van der Waals surface area contributed by atoms with E-state index in [1.165, 1.54) is 9.80 Å². The maximum atomic E-state index is 13.4. The number of rotatable bonds is 7. The van der Waals surface area contributed by atoms with Crippen LogP contribution in [0.4, 0.5) is 21.0 Å². The molecule has 1 heterocycles. The second-order valence-electron chi connectivity index (χ2n) is 8.60. The van der Waals surface area contributed by atoms with Crippen LogP contribution in [0.2, 0.25) is 5.02 Å². The number of nitrogens with one attached hydrogen (secondary N) is 3. The van der Waals surface area contributed by atoms with E-state index in [1.807, 2.05) is 24.3 Å². The first-order valence-corrected chi connectivity index (χ1v) is 12.4. The van der Waals surface area contributed by atoms with Crippen LogP contribution in [-0.2, 0) is 17.9 Å². The van der Waals surface area contributed by atoms with Crippen LogP contribution in [0.1, 0.15) is 11.1 Å². The summed E-state index contributed by atoms with van der Waals surface area (Å²) in [7, 11) is 1.55. The van der Waals surface area contributed by atoms with Crippen LogP contribution in [0.3, 0.4) is 0 Å². The fourth-order valence-corrected chi connectivity index (χ4v) is 4.21. The molecule has 198 valence electrons. The molecule has 0 radical (unpaired) electrons. The number of benzene rings is 3. The summed E-state index contributed by atoms with van der Waals surface area (Å²) in [5, 5.41) is 8.94. The number of nitrogens with zero attached hydrogens (tertiary/aromatic N) is 2. The second kappa shape index (κ2) is 12.3. The molecule has 0 spiro atoms. The standard InChI is InChI=1S/C27H29ClN6O4/c1-38-23-11-9-22(10-12-23)32-27(37)34-14-13-33(26(36)31-21-7-5-20(28)6-8-21)25(34)24(35)30-17-19-4-2-3-18(15-19)16-29/h2-12,15,25H,13-14,16-17,29H2,1H3,(H,30,35)(H,31,36)(H,32,37). The summed E-state index contributed by atoms with van der Waals surface area (Å²) in [6, 6.07) is 19.9. The topological polar surface area (TPSA) is 129 Å².